The van der Waals surface area contributed by atoms with Crippen molar-refractivity contribution in [1.29, 1.82) is 0 Å². The van der Waals surface area contributed by atoms with Gasteiger partial charge in [-0.3, -0.25) is 0 Å². The predicted molar refractivity (Wildman–Crippen MR) is 104 cm³/mol. The van der Waals surface area contributed by atoms with Crippen LogP contribution in [0.15, 0.2) is 60.8 Å². The number of rotatable bonds is 4. The van der Waals surface area contributed by atoms with E-state index in [1.165, 1.54) is 18.2 Å². The van der Waals surface area contributed by atoms with Gasteiger partial charge in [-0.25, -0.2) is 8.78 Å². The van der Waals surface area contributed by atoms with Crippen LogP contribution in [0.3, 0.4) is 0 Å². The van der Waals surface area contributed by atoms with Crippen LogP contribution < -0.4 is 4.90 Å². The molecule has 2 aromatic carbocycles. The van der Waals surface area contributed by atoms with Gasteiger partial charge in [0.05, 0.1) is 0 Å². The zero-order chi connectivity index (χ0) is 17.9. The van der Waals surface area contributed by atoms with Gasteiger partial charge in [0.1, 0.15) is 17.5 Å². The standard InChI is InChI=1S/C21H20F2N2S/c22-18-5-7-19(8-6-18)25-15-16(13-17-3-1-2-4-20(17)23)14-21(25)24-9-11-26-12-10-24/h1-8,14-15H,9-13H2. The molecule has 1 aromatic heterocycles. The van der Waals surface area contributed by atoms with Crippen LogP contribution in [0.4, 0.5) is 14.6 Å². The number of nitrogens with zero attached hydrogens (tertiary/aromatic N) is 2. The van der Waals surface area contributed by atoms with Crippen molar-refractivity contribution in [2.45, 2.75) is 6.42 Å². The summed E-state index contributed by atoms with van der Waals surface area (Å²) in [6.45, 7) is 1.96. The van der Waals surface area contributed by atoms with Crippen molar-refractivity contribution < 1.29 is 8.78 Å². The molecule has 0 atom stereocenters. The number of hydrogen-bond donors (Lipinski definition) is 0. The van der Waals surface area contributed by atoms with Crippen molar-refractivity contribution in [3.8, 4) is 5.69 Å². The Balaban J connectivity index is 1.72. The van der Waals surface area contributed by atoms with Crippen LogP contribution in [0.5, 0.6) is 0 Å². The van der Waals surface area contributed by atoms with E-state index in [-0.39, 0.29) is 11.6 Å². The molecule has 0 spiro atoms. The molecule has 134 valence electrons. The molecule has 3 aromatic rings. The lowest BCUT2D eigenvalue weighted by atomic mass is 10.1. The summed E-state index contributed by atoms with van der Waals surface area (Å²) in [6, 6.07) is 15.5. The Morgan fingerprint density at radius 1 is 0.923 bits per heavy atom. The molecule has 0 unspecified atom stereocenters. The zero-order valence-electron chi connectivity index (χ0n) is 14.4. The molecule has 0 saturated carbocycles. The maximum absolute atomic E-state index is 14.0. The molecular formula is C21H20F2N2S. The van der Waals surface area contributed by atoms with Gasteiger partial charge < -0.3 is 9.47 Å². The van der Waals surface area contributed by atoms with E-state index in [1.54, 1.807) is 18.2 Å². The summed E-state index contributed by atoms with van der Waals surface area (Å²) in [5.41, 5.74) is 2.65. The van der Waals surface area contributed by atoms with E-state index in [2.05, 4.69) is 15.5 Å². The van der Waals surface area contributed by atoms with E-state index in [9.17, 15) is 8.78 Å². The summed E-state index contributed by atoms with van der Waals surface area (Å²) in [5, 5.41) is 0. The minimum Gasteiger partial charge on any atom is -0.356 e. The number of thioether (sulfide) groups is 1. The van der Waals surface area contributed by atoms with Gasteiger partial charge in [0, 0.05) is 42.9 Å². The number of aromatic nitrogens is 1. The highest BCUT2D eigenvalue weighted by molar-refractivity contribution is 7.99. The van der Waals surface area contributed by atoms with E-state index in [0.29, 0.717) is 12.0 Å². The minimum absolute atomic E-state index is 0.182. The second-order valence-corrected chi connectivity index (χ2v) is 7.65. The van der Waals surface area contributed by atoms with E-state index in [4.69, 9.17) is 0 Å². The van der Waals surface area contributed by atoms with E-state index < -0.39 is 0 Å². The van der Waals surface area contributed by atoms with Crippen LogP contribution in [0, 0.1) is 11.6 Å². The van der Waals surface area contributed by atoms with Crippen molar-refractivity contribution in [2.24, 2.45) is 0 Å². The third-order valence-electron chi connectivity index (χ3n) is 4.65. The maximum Gasteiger partial charge on any atom is 0.126 e. The normalized spacial score (nSPS) is 14.6. The SMILES string of the molecule is Fc1ccc(-n2cc(Cc3ccccc3F)cc2N2CCSCC2)cc1. The van der Waals surface area contributed by atoms with Crippen LogP contribution in [0.1, 0.15) is 11.1 Å². The monoisotopic (exact) mass is 370 g/mol. The molecule has 1 saturated heterocycles. The van der Waals surface area contributed by atoms with Crippen molar-refractivity contribution in [1.82, 2.24) is 4.57 Å². The lowest BCUT2D eigenvalue weighted by molar-refractivity contribution is 0.614. The molecule has 1 aliphatic heterocycles. The number of hydrogen-bond acceptors (Lipinski definition) is 2. The second-order valence-electron chi connectivity index (χ2n) is 6.42. The van der Waals surface area contributed by atoms with Crippen LogP contribution in [-0.4, -0.2) is 29.2 Å². The van der Waals surface area contributed by atoms with E-state index >= 15 is 0 Å². The van der Waals surface area contributed by atoms with Gasteiger partial charge in [0.25, 0.3) is 0 Å². The molecular weight excluding hydrogens is 350 g/mol. The first-order valence-electron chi connectivity index (χ1n) is 8.74. The molecule has 26 heavy (non-hydrogen) atoms. The van der Waals surface area contributed by atoms with Gasteiger partial charge in [0.15, 0.2) is 0 Å². The highest BCUT2D eigenvalue weighted by Crippen LogP contribution is 2.28. The highest BCUT2D eigenvalue weighted by Gasteiger charge is 2.18. The summed E-state index contributed by atoms with van der Waals surface area (Å²) < 4.78 is 29.5. The third kappa shape index (κ3) is 3.63. The molecule has 0 aliphatic carbocycles. The van der Waals surface area contributed by atoms with Gasteiger partial charge in [-0.2, -0.15) is 11.8 Å². The van der Waals surface area contributed by atoms with Crippen LogP contribution in [-0.2, 0) is 6.42 Å². The Kier molecular flexibility index (Phi) is 4.98. The summed E-state index contributed by atoms with van der Waals surface area (Å²) in [6.07, 6.45) is 2.58. The molecule has 1 aliphatic rings. The summed E-state index contributed by atoms with van der Waals surface area (Å²) in [5.74, 6) is 2.85. The van der Waals surface area contributed by atoms with Gasteiger partial charge in [-0.15, -0.1) is 0 Å². The van der Waals surface area contributed by atoms with Gasteiger partial charge in [-0.1, -0.05) is 18.2 Å². The van der Waals surface area contributed by atoms with Gasteiger partial charge >= 0.3 is 0 Å². The molecule has 2 heterocycles. The zero-order valence-corrected chi connectivity index (χ0v) is 15.2. The van der Waals surface area contributed by atoms with Crippen LogP contribution in [0.25, 0.3) is 5.69 Å². The van der Waals surface area contributed by atoms with Crippen molar-refractivity contribution in [3.05, 3.63) is 83.6 Å². The Hall–Kier alpha value is -2.27. The molecule has 1 fully saturated rings. The smallest absolute Gasteiger partial charge is 0.126 e. The second kappa shape index (κ2) is 7.54. The van der Waals surface area contributed by atoms with Gasteiger partial charge in [0.2, 0.25) is 0 Å². The Morgan fingerprint density at radius 2 is 1.65 bits per heavy atom. The molecule has 5 heteroatoms. The summed E-state index contributed by atoms with van der Waals surface area (Å²) in [7, 11) is 0. The fourth-order valence-corrected chi connectivity index (χ4v) is 4.21. The Bertz CT molecular complexity index is 883. The predicted octanol–water partition coefficient (Wildman–Crippen LogP) is 4.90. The lowest BCUT2D eigenvalue weighted by Gasteiger charge is -2.29. The van der Waals surface area contributed by atoms with Crippen LogP contribution in [0.2, 0.25) is 0 Å². The highest BCUT2D eigenvalue weighted by atomic mass is 32.2. The fraction of sp³-hybridized carbons (Fsp3) is 0.238. The van der Waals surface area contributed by atoms with Crippen molar-refractivity contribution >= 4 is 17.6 Å². The maximum atomic E-state index is 14.0. The number of halogens is 2. The fourth-order valence-electron chi connectivity index (χ4n) is 3.31. The van der Waals surface area contributed by atoms with Crippen molar-refractivity contribution in [3.63, 3.8) is 0 Å². The largest absolute Gasteiger partial charge is 0.356 e. The van der Waals surface area contributed by atoms with Gasteiger partial charge in [-0.05, 0) is 47.5 Å². The van der Waals surface area contributed by atoms with E-state index in [1.807, 2.05) is 30.1 Å². The average molecular weight is 370 g/mol. The molecule has 0 N–H and O–H groups in total. The topological polar surface area (TPSA) is 8.17 Å². The number of anilines is 1. The molecule has 4 rings (SSSR count). The lowest BCUT2D eigenvalue weighted by Crippen LogP contribution is -2.33. The minimum atomic E-state index is -0.247. The first-order valence-corrected chi connectivity index (χ1v) is 9.89. The van der Waals surface area contributed by atoms with Crippen LogP contribution >= 0.6 is 11.8 Å². The molecule has 0 amide bonds. The third-order valence-corrected chi connectivity index (χ3v) is 5.59. The van der Waals surface area contributed by atoms with E-state index in [0.717, 1.165) is 41.7 Å². The quantitative estimate of drug-likeness (QED) is 0.645. The molecule has 2 nitrogen and oxygen atoms in total. The first kappa shape index (κ1) is 17.2. The molecule has 0 radical (unpaired) electrons. The Morgan fingerprint density at radius 3 is 2.38 bits per heavy atom. The summed E-state index contributed by atoms with van der Waals surface area (Å²) >= 11 is 1.96. The molecule has 0 bridgehead atoms. The van der Waals surface area contributed by atoms with Crippen molar-refractivity contribution in [2.75, 3.05) is 29.5 Å². The Labute approximate surface area is 156 Å². The first-order chi connectivity index (χ1) is 12.7. The number of benzene rings is 2. The average Bonchev–Trinajstić information content (AvgIpc) is 3.09. The summed E-state index contributed by atoms with van der Waals surface area (Å²) in [4.78, 5) is 2.35.